The van der Waals surface area contributed by atoms with Crippen LogP contribution in [0.1, 0.15) is 19.7 Å². The first kappa shape index (κ1) is 22.2. The number of methoxy groups -OCH3 is 2. The van der Waals surface area contributed by atoms with Crippen molar-refractivity contribution in [2.24, 2.45) is 4.99 Å². The van der Waals surface area contributed by atoms with Crippen LogP contribution in [-0.4, -0.2) is 54.6 Å². The summed E-state index contributed by atoms with van der Waals surface area (Å²) in [4.78, 5) is 9.01. The van der Waals surface area contributed by atoms with Crippen LogP contribution < -0.4 is 15.4 Å². The maximum Gasteiger partial charge on any atom is 0.191 e. The molecule has 0 fully saturated rings. The van der Waals surface area contributed by atoms with E-state index >= 15 is 0 Å². The molecule has 2 rings (SSSR count). The number of aromatic nitrogens is 3. The zero-order valence-electron chi connectivity index (χ0n) is 15.6. The van der Waals surface area contributed by atoms with Crippen LogP contribution in [0.15, 0.2) is 29.3 Å². The zero-order chi connectivity index (χ0) is 18.1. The number of benzene rings is 1. The lowest BCUT2D eigenvalue weighted by molar-refractivity contribution is 0.179. The van der Waals surface area contributed by atoms with Crippen LogP contribution in [0.25, 0.3) is 11.4 Å². The molecule has 1 unspecified atom stereocenters. The van der Waals surface area contributed by atoms with Crippen LogP contribution >= 0.6 is 24.0 Å². The average Bonchev–Trinajstić information content (AvgIpc) is 3.09. The van der Waals surface area contributed by atoms with Gasteiger partial charge in [-0.2, -0.15) is 5.10 Å². The van der Waals surface area contributed by atoms with E-state index in [1.807, 2.05) is 38.1 Å². The molecule has 1 aromatic heterocycles. The van der Waals surface area contributed by atoms with Crippen LogP contribution in [0.4, 0.5) is 0 Å². The molecule has 0 saturated carbocycles. The number of guanidine groups is 1. The first-order valence-corrected chi connectivity index (χ1v) is 8.25. The van der Waals surface area contributed by atoms with Crippen molar-refractivity contribution in [3.05, 3.63) is 30.1 Å². The van der Waals surface area contributed by atoms with Crippen molar-refractivity contribution in [1.29, 1.82) is 0 Å². The third-order valence-electron chi connectivity index (χ3n) is 3.41. The van der Waals surface area contributed by atoms with Crippen LogP contribution in [-0.2, 0) is 11.3 Å². The van der Waals surface area contributed by atoms with E-state index in [-0.39, 0.29) is 30.0 Å². The van der Waals surface area contributed by atoms with Crippen LogP contribution in [0, 0.1) is 0 Å². The van der Waals surface area contributed by atoms with E-state index in [0.29, 0.717) is 24.8 Å². The fourth-order valence-electron chi connectivity index (χ4n) is 2.23. The Bertz CT molecular complexity index is 674. The minimum atomic E-state index is 0. The van der Waals surface area contributed by atoms with Gasteiger partial charge in [0.25, 0.3) is 0 Å². The maximum absolute atomic E-state index is 5.16. The molecule has 0 radical (unpaired) electrons. The van der Waals surface area contributed by atoms with Gasteiger partial charge in [0.2, 0.25) is 0 Å². The molecule has 1 heterocycles. The lowest BCUT2D eigenvalue weighted by Crippen LogP contribution is -2.43. The number of ether oxygens (including phenoxy) is 2. The first-order chi connectivity index (χ1) is 12.2. The highest BCUT2D eigenvalue weighted by Crippen LogP contribution is 2.18. The zero-order valence-corrected chi connectivity index (χ0v) is 17.9. The molecular formula is C17H27IN6O2. The molecule has 0 spiro atoms. The van der Waals surface area contributed by atoms with Crippen LogP contribution in [0.3, 0.4) is 0 Å². The Balaban J connectivity index is 0.00000338. The lowest BCUT2D eigenvalue weighted by Gasteiger charge is -2.16. The van der Waals surface area contributed by atoms with Gasteiger partial charge in [-0.05, 0) is 38.1 Å². The Hall–Kier alpha value is -1.88. The first-order valence-electron chi connectivity index (χ1n) is 8.25. The molecule has 3 N–H and O–H groups in total. The summed E-state index contributed by atoms with van der Waals surface area (Å²) in [5, 5.41) is 13.7. The normalized spacial score (nSPS) is 12.2. The van der Waals surface area contributed by atoms with Gasteiger partial charge in [0.1, 0.15) is 18.1 Å². The molecule has 1 atom stereocenters. The molecule has 2 aromatic rings. The summed E-state index contributed by atoms with van der Waals surface area (Å²) < 4.78 is 10.3. The summed E-state index contributed by atoms with van der Waals surface area (Å²) in [6.45, 7) is 5.84. The number of rotatable bonds is 8. The smallest absolute Gasteiger partial charge is 0.191 e. The van der Waals surface area contributed by atoms with E-state index < -0.39 is 0 Å². The molecule has 0 bridgehead atoms. The molecule has 0 aliphatic carbocycles. The standard InChI is InChI=1S/C17H26N6O2.HI/c1-5-18-17(20-12(2)11-24-3)19-10-15-21-16(23-22-15)13-6-8-14(25-4)9-7-13;/h6-9,12H,5,10-11H2,1-4H3,(H2,18,19,20)(H,21,22,23);1H. The van der Waals surface area contributed by atoms with E-state index in [1.54, 1.807) is 14.2 Å². The molecule has 0 amide bonds. The summed E-state index contributed by atoms with van der Waals surface area (Å²) >= 11 is 0. The monoisotopic (exact) mass is 474 g/mol. The molecular weight excluding hydrogens is 447 g/mol. The number of nitrogens with one attached hydrogen (secondary N) is 3. The quantitative estimate of drug-likeness (QED) is 0.309. The number of halogens is 1. The minimum absolute atomic E-state index is 0. The summed E-state index contributed by atoms with van der Waals surface area (Å²) in [6, 6.07) is 7.77. The third-order valence-corrected chi connectivity index (χ3v) is 3.41. The van der Waals surface area contributed by atoms with Gasteiger partial charge in [0.15, 0.2) is 11.8 Å². The SMILES string of the molecule is CCNC(=NCc1nc(-c2ccc(OC)cc2)n[nH]1)NC(C)COC.I. The Morgan fingerprint density at radius 1 is 1.27 bits per heavy atom. The van der Waals surface area contributed by atoms with E-state index in [9.17, 15) is 0 Å². The molecule has 1 aromatic carbocycles. The van der Waals surface area contributed by atoms with Crippen molar-refractivity contribution in [2.45, 2.75) is 26.4 Å². The van der Waals surface area contributed by atoms with Crippen molar-refractivity contribution in [1.82, 2.24) is 25.8 Å². The van der Waals surface area contributed by atoms with Gasteiger partial charge in [-0.3, -0.25) is 5.10 Å². The average molecular weight is 474 g/mol. The Kier molecular flexibility index (Phi) is 9.96. The van der Waals surface area contributed by atoms with Gasteiger partial charge < -0.3 is 20.1 Å². The largest absolute Gasteiger partial charge is 0.497 e. The number of H-pyrrole nitrogens is 1. The van der Waals surface area contributed by atoms with Gasteiger partial charge in [-0.1, -0.05) is 0 Å². The number of aromatic amines is 1. The topological polar surface area (TPSA) is 96.5 Å². The molecule has 0 aliphatic rings. The van der Waals surface area contributed by atoms with Crippen molar-refractivity contribution in [2.75, 3.05) is 27.4 Å². The van der Waals surface area contributed by atoms with Gasteiger partial charge >= 0.3 is 0 Å². The highest BCUT2D eigenvalue weighted by atomic mass is 127. The van der Waals surface area contributed by atoms with Gasteiger partial charge in [0.05, 0.1) is 13.7 Å². The fraction of sp³-hybridized carbons (Fsp3) is 0.471. The fourth-order valence-corrected chi connectivity index (χ4v) is 2.23. The molecule has 26 heavy (non-hydrogen) atoms. The molecule has 9 heteroatoms. The number of hydrogen-bond donors (Lipinski definition) is 3. The lowest BCUT2D eigenvalue weighted by atomic mass is 10.2. The molecule has 8 nitrogen and oxygen atoms in total. The van der Waals surface area contributed by atoms with E-state index in [2.05, 4.69) is 30.8 Å². The predicted octanol–water partition coefficient (Wildman–Crippen LogP) is 2.19. The van der Waals surface area contributed by atoms with E-state index in [0.717, 1.165) is 23.8 Å². The summed E-state index contributed by atoms with van der Waals surface area (Å²) in [5.41, 5.74) is 0.922. The van der Waals surface area contributed by atoms with Crippen molar-refractivity contribution < 1.29 is 9.47 Å². The summed E-state index contributed by atoms with van der Waals surface area (Å²) in [5.74, 6) is 2.85. The highest BCUT2D eigenvalue weighted by molar-refractivity contribution is 14.0. The predicted molar refractivity (Wildman–Crippen MR) is 113 cm³/mol. The second kappa shape index (κ2) is 11.7. The van der Waals surface area contributed by atoms with E-state index in [1.165, 1.54) is 0 Å². The molecule has 0 saturated heterocycles. The van der Waals surface area contributed by atoms with Crippen molar-refractivity contribution in [3.63, 3.8) is 0 Å². The van der Waals surface area contributed by atoms with Gasteiger partial charge in [-0.25, -0.2) is 9.98 Å². The minimum Gasteiger partial charge on any atom is -0.497 e. The maximum atomic E-state index is 5.16. The number of nitrogens with zero attached hydrogens (tertiary/aromatic N) is 3. The second-order valence-electron chi connectivity index (χ2n) is 5.53. The van der Waals surface area contributed by atoms with Crippen LogP contribution in [0.5, 0.6) is 5.75 Å². The Morgan fingerprint density at radius 2 is 2.00 bits per heavy atom. The van der Waals surface area contributed by atoms with Crippen molar-refractivity contribution >= 4 is 29.9 Å². The van der Waals surface area contributed by atoms with E-state index in [4.69, 9.17) is 9.47 Å². The molecule has 144 valence electrons. The summed E-state index contributed by atoms with van der Waals surface area (Å²) in [6.07, 6.45) is 0. The summed E-state index contributed by atoms with van der Waals surface area (Å²) in [7, 11) is 3.32. The number of aliphatic imine (C=N–C) groups is 1. The van der Waals surface area contributed by atoms with Crippen LogP contribution in [0.2, 0.25) is 0 Å². The third kappa shape index (κ3) is 6.79. The molecule has 0 aliphatic heterocycles. The Morgan fingerprint density at radius 3 is 2.62 bits per heavy atom. The Labute approximate surface area is 171 Å². The number of hydrogen-bond acceptors (Lipinski definition) is 5. The highest BCUT2D eigenvalue weighted by Gasteiger charge is 2.08. The van der Waals surface area contributed by atoms with Gasteiger partial charge in [-0.15, -0.1) is 24.0 Å². The van der Waals surface area contributed by atoms with Crippen molar-refractivity contribution in [3.8, 4) is 17.1 Å². The second-order valence-corrected chi connectivity index (χ2v) is 5.53. The van der Waals surface area contributed by atoms with Gasteiger partial charge in [0, 0.05) is 25.3 Å².